The topological polar surface area (TPSA) is 44.6 Å². The van der Waals surface area contributed by atoms with E-state index in [2.05, 4.69) is 10.5 Å². The van der Waals surface area contributed by atoms with Crippen LogP contribution in [-0.2, 0) is 0 Å². The maximum atomic E-state index is 13.6. The molecule has 6 heteroatoms. The van der Waals surface area contributed by atoms with Gasteiger partial charge in [-0.1, -0.05) is 11.2 Å². The third kappa shape index (κ3) is 2.97. The minimum Gasteiger partial charge on any atom is -0.411 e. The van der Waals surface area contributed by atoms with Gasteiger partial charge in [0.05, 0.1) is 11.3 Å². The van der Waals surface area contributed by atoms with Gasteiger partial charge in [0.15, 0.2) is 0 Å². The molecule has 1 fully saturated rings. The fourth-order valence-electron chi connectivity index (χ4n) is 2.17. The first-order chi connectivity index (χ1) is 8.24. The van der Waals surface area contributed by atoms with Crippen LogP contribution in [0.2, 0.25) is 0 Å². The number of benzene rings is 1. The minimum absolute atomic E-state index is 0. The molecule has 0 radical (unpaired) electrons. The Hall–Kier alpha value is -1.20. The Morgan fingerprint density at radius 1 is 1.22 bits per heavy atom. The summed E-state index contributed by atoms with van der Waals surface area (Å²) in [5, 5.41) is 15.3. The van der Waals surface area contributed by atoms with E-state index in [1.807, 2.05) is 0 Å². The summed E-state index contributed by atoms with van der Waals surface area (Å²) >= 11 is 0. The van der Waals surface area contributed by atoms with Crippen LogP contribution in [-0.4, -0.2) is 24.0 Å². The zero-order valence-electron chi connectivity index (χ0n) is 9.70. The van der Waals surface area contributed by atoms with Gasteiger partial charge in [0.25, 0.3) is 0 Å². The van der Waals surface area contributed by atoms with E-state index in [4.69, 9.17) is 5.21 Å². The number of hydrogen-bond donors (Lipinski definition) is 2. The van der Waals surface area contributed by atoms with Crippen LogP contribution in [0.1, 0.15) is 18.4 Å². The summed E-state index contributed by atoms with van der Waals surface area (Å²) in [5.74, 6) is -1.47. The Kier molecular flexibility index (Phi) is 5.50. The van der Waals surface area contributed by atoms with E-state index in [-0.39, 0.29) is 29.6 Å². The molecule has 1 aliphatic heterocycles. The lowest BCUT2D eigenvalue weighted by molar-refractivity contribution is 0.310. The Bertz CT molecular complexity index is 414. The third-order valence-corrected chi connectivity index (χ3v) is 3.05. The summed E-state index contributed by atoms with van der Waals surface area (Å²) in [6.07, 6.45) is 1.43. The van der Waals surface area contributed by atoms with Gasteiger partial charge < -0.3 is 10.5 Å². The molecule has 1 aromatic carbocycles. The molecule has 0 aliphatic carbocycles. The van der Waals surface area contributed by atoms with Gasteiger partial charge in [0, 0.05) is 5.92 Å². The predicted molar refractivity (Wildman–Crippen MR) is 67.5 cm³/mol. The van der Waals surface area contributed by atoms with E-state index in [9.17, 15) is 8.78 Å². The van der Waals surface area contributed by atoms with Gasteiger partial charge in [-0.05, 0) is 38.1 Å². The van der Waals surface area contributed by atoms with Crippen LogP contribution in [0, 0.1) is 17.6 Å². The molecule has 0 atom stereocenters. The molecule has 0 aromatic heterocycles. The van der Waals surface area contributed by atoms with Crippen LogP contribution in [0.15, 0.2) is 23.4 Å². The highest BCUT2D eigenvalue weighted by atomic mass is 35.5. The number of rotatable bonds is 2. The van der Waals surface area contributed by atoms with Crippen molar-refractivity contribution in [2.45, 2.75) is 12.8 Å². The molecule has 2 rings (SSSR count). The molecule has 1 saturated heterocycles. The van der Waals surface area contributed by atoms with Crippen molar-refractivity contribution in [3.8, 4) is 0 Å². The maximum absolute atomic E-state index is 13.6. The van der Waals surface area contributed by atoms with Crippen molar-refractivity contribution >= 4 is 18.1 Å². The maximum Gasteiger partial charge on any atom is 0.135 e. The van der Waals surface area contributed by atoms with Crippen molar-refractivity contribution in [1.82, 2.24) is 5.32 Å². The number of nitrogens with zero attached hydrogens (tertiary/aromatic N) is 1. The molecule has 3 nitrogen and oxygen atoms in total. The van der Waals surface area contributed by atoms with Gasteiger partial charge in [-0.25, -0.2) is 8.78 Å². The first kappa shape index (κ1) is 14.9. The van der Waals surface area contributed by atoms with Crippen LogP contribution in [0.5, 0.6) is 0 Å². The van der Waals surface area contributed by atoms with E-state index in [0.29, 0.717) is 12.8 Å². The van der Waals surface area contributed by atoms with Crippen molar-refractivity contribution in [2.75, 3.05) is 13.1 Å². The SMILES string of the molecule is Cl.O/N=C(/c1c(F)cccc1F)C1CCNCC1. The number of nitrogens with one attached hydrogen (secondary N) is 1. The van der Waals surface area contributed by atoms with Crippen LogP contribution in [0.25, 0.3) is 0 Å². The van der Waals surface area contributed by atoms with E-state index in [1.165, 1.54) is 18.2 Å². The lowest BCUT2D eigenvalue weighted by Gasteiger charge is -2.23. The van der Waals surface area contributed by atoms with Gasteiger partial charge in [-0.2, -0.15) is 0 Å². The van der Waals surface area contributed by atoms with Crippen molar-refractivity contribution in [3.63, 3.8) is 0 Å². The summed E-state index contributed by atoms with van der Waals surface area (Å²) in [6, 6.07) is 3.64. The molecule has 2 N–H and O–H groups in total. The van der Waals surface area contributed by atoms with E-state index < -0.39 is 11.6 Å². The molecule has 100 valence electrons. The second kappa shape index (κ2) is 6.66. The molecular formula is C12H15ClF2N2O. The summed E-state index contributed by atoms with van der Waals surface area (Å²) < 4.78 is 27.2. The molecule has 0 saturated carbocycles. The van der Waals surface area contributed by atoms with Crippen molar-refractivity contribution < 1.29 is 14.0 Å². The zero-order chi connectivity index (χ0) is 12.3. The number of oxime groups is 1. The quantitative estimate of drug-likeness (QED) is 0.495. The van der Waals surface area contributed by atoms with Gasteiger partial charge in [0.1, 0.15) is 11.6 Å². The molecule has 0 bridgehead atoms. The number of halogens is 3. The Balaban J connectivity index is 0.00000162. The summed E-state index contributed by atoms with van der Waals surface area (Å²) in [6.45, 7) is 1.53. The minimum atomic E-state index is -0.684. The second-order valence-electron chi connectivity index (χ2n) is 4.11. The Morgan fingerprint density at radius 3 is 2.28 bits per heavy atom. The van der Waals surface area contributed by atoms with Gasteiger partial charge in [0.2, 0.25) is 0 Å². The Labute approximate surface area is 110 Å². The van der Waals surface area contributed by atoms with Crippen LogP contribution in [0.3, 0.4) is 0 Å². The number of hydrogen-bond acceptors (Lipinski definition) is 3. The number of piperidine rings is 1. The third-order valence-electron chi connectivity index (χ3n) is 3.05. The first-order valence-corrected chi connectivity index (χ1v) is 5.61. The van der Waals surface area contributed by atoms with Crippen LogP contribution < -0.4 is 5.32 Å². The van der Waals surface area contributed by atoms with Crippen molar-refractivity contribution in [1.29, 1.82) is 0 Å². The molecule has 0 unspecified atom stereocenters. The smallest absolute Gasteiger partial charge is 0.135 e. The highest BCUT2D eigenvalue weighted by molar-refractivity contribution is 6.02. The van der Waals surface area contributed by atoms with Gasteiger partial charge >= 0.3 is 0 Å². The fourth-order valence-corrected chi connectivity index (χ4v) is 2.17. The van der Waals surface area contributed by atoms with Crippen molar-refractivity contribution in [3.05, 3.63) is 35.4 Å². The molecule has 0 spiro atoms. The highest BCUT2D eigenvalue weighted by Crippen LogP contribution is 2.23. The van der Waals surface area contributed by atoms with Crippen molar-refractivity contribution in [2.24, 2.45) is 11.1 Å². The average molecular weight is 277 g/mol. The van der Waals surface area contributed by atoms with E-state index >= 15 is 0 Å². The normalized spacial score (nSPS) is 17.3. The highest BCUT2D eigenvalue weighted by Gasteiger charge is 2.25. The van der Waals surface area contributed by atoms with Gasteiger partial charge in [-0.3, -0.25) is 0 Å². The zero-order valence-corrected chi connectivity index (χ0v) is 10.5. The summed E-state index contributed by atoms with van der Waals surface area (Å²) in [5.41, 5.74) is -0.0935. The summed E-state index contributed by atoms with van der Waals surface area (Å²) in [7, 11) is 0. The molecule has 0 amide bonds. The van der Waals surface area contributed by atoms with Crippen LogP contribution in [0.4, 0.5) is 8.78 Å². The first-order valence-electron chi connectivity index (χ1n) is 5.61. The Morgan fingerprint density at radius 2 is 1.78 bits per heavy atom. The van der Waals surface area contributed by atoms with E-state index in [0.717, 1.165) is 13.1 Å². The van der Waals surface area contributed by atoms with Gasteiger partial charge in [-0.15, -0.1) is 12.4 Å². The molecule has 18 heavy (non-hydrogen) atoms. The van der Waals surface area contributed by atoms with Crippen LogP contribution >= 0.6 is 12.4 Å². The lowest BCUT2D eigenvalue weighted by atomic mass is 9.88. The largest absolute Gasteiger partial charge is 0.411 e. The second-order valence-corrected chi connectivity index (χ2v) is 4.11. The summed E-state index contributed by atoms with van der Waals surface area (Å²) in [4.78, 5) is 0. The fraction of sp³-hybridized carbons (Fsp3) is 0.417. The average Bonchev–Trinajstić information content (AvgIpc) is 2.35. The monoisotopic (exact) mass is 276 g/mol. The predicted octanol–water partition coefficient (Wildman–Crippen LogP) is 2.56. The standard InChI is InChI=1S/C12H14F2N2O.ClH/c13-9-2-1-3-10(14)11(9)12(16-17)8-4-6-15-7-5-8;/h1-3,8,15,17H,4-7H2;1H/b16-12+;. The molecular weight excluding hydrogens is 262 g/mol. The van der Waals surface area contributed by atoms with E-state index in [1.54, 1.807) is 0 Å². The molecule has 1 heterocycles. The molecule has 1 aliphatic rings. The molecule has 1 aromatic rings. The lowest BCUT2D eigenvalue weighted by Crippen LogP contribution is -2.33.